The molecule has 0 aromatic heterocycles. The number of primary amides is 1. The Kier molecular flexibility index (Phi) is 9.10. The largest absolute Gasteiger partial charge is 0.370 e. The lowest BCUT2D eigenvalue weighted by Gasteiger charge is -2.02. The molecule has 1 amide bonds. The number of nitrogens with one attached hydrogen (secondary N) is 1. The summed E-state index contributed by atoms with van der Waals surface area (Å²) in [4.78, 5) is 10.4. The third kappa shape index (κ3) is 11.4. The quantitative estimate of drug-likeness (QED) is 0.535. The first kappa shape index (κ1) is 12.4. The van der Waals surface area contributed by atoms with Gasteiger partial charge in [-0.3, -0.25) is 4.79 Å². The zero-order valence-corrected chi connectivity index (χ0v) is 8.64. The topological polar surface area (TPSA) is 55.1 Å². The lowest BCUT2D eigenvalue weighted by Crippen LogP contribution is -2.19. The maximum absolute atomic E-state index is 10.4. The van der Waals surface area contributed by atoms with Crippen molar-refractivity contribution >= 4 is 5.91 Å². The van der Waals surface area contributed by atoms with Gasteiger partial charge in [0.15, 0.2) is 0 Å². The second kappa shape index (κ2) is 9.52. The van der Waals surface area contributed by atoms with E-state index in [1.54, 1.807) is 0 Å². The lowest BCUT2D eigenvalue weighted by atomic mass is 10.2. The number of hydrogen-bond acceptors (Lipinski definition) is 2. The minimum atomic E-state index is -0.201. The Bertz CT molecular complexity index is 126. The first-order valence-electron chi connectivity index (χ1n) is 5.26. The third-order valence-corrected chi connectivity index (χ3v) is 1.98. The zero-order chi connectivity index (χ0) is 9.94. The van der Waals surface area contributed by atoms with E-state index in [1.165, 1.54) is 25.7 Å². The van der Waals surface area contributed by atoms with Crippen LogP contribution in [-0.2, 0) is 4.79 Å². The first-order valence-corrected chi connectivity index (χ1v) is 5.26. The summed E-state index contributed by atoms with van der Waals surface area (Å²) in [6.45, 7) is 4.19. The number of hydrogen-bond donors (Lipinski definition) is 2. The number of unbranched alkanes of at least 4 members (excludes halogenated alkanes) is 3. The number of carbonyl (C=O) groups is 1. The molecular weight excluding hydrogens is 164 g/mol. The lowest BCUT2D eigenvalue weighted by molar-refractivity contribution is -0.118. The van der Waals surface area contributed by atoms with E-state index in [1.807, 2.05) is 0 Å². The van der Waals surface area contributed by atoms with Gasteiger partial charge < -0.3 is 11.1 Å². The highest BCUT2D eigenvalue weighted by Gasteiger charge is 1.93. The molecule has 78 valence electrons. The van der Waals surface area contributed by atoms with Crippen LogP contribution in [0.2, 0.25) is 0 Å². The summed E-state index contributed by atoms with van der Waals surface area (Å²) in [6.07, 6.45) is 6.51. The van der Waals surface area contributed by atoms with Crippen molar-refractivity contribution in [1.29, 1.82) is 0 Å². The summed E-state index contributed by atoms with van der Waals surface area (Å²) in [7, 11) is 0. The summed E-state index contributed by atoms with van der Waals surface area (Å²) in [5.41, 5.74) is 5.01. The zero-order valence-electron chi connectivity index (χ0n) is 8.64. The molecule has 0 saturated heterocycles. The monoisotopic (exact) mass is 186 g/mol. The van der Waals surface area contributed by atoms with Crippen LogP contribution in [0.15, 0.2) is 0 Å². The molecule has 3 heteroatoms. The van der Waals surface area contributed by atoms with Crippen molar-refractivity contribution in [3.63, 3.8) is 0 Å². The number of rotatable bonds is 9. The van der Waals surface area contributed by atoms with E-state index >= 15 is 0 Å². The van der Waals surface area contributed by atoms with E-state index in [0.29, 0.717) is 6.42 Å². The molecule has 0 aliphatic rings. The number of amides is 1. The minimum Gasteiger partial charge on any atom is -0.370 e. The molecule has 0 aromatic rings. The molecule has 0 atom stereocenters. The van der Waals surface area contributed by atoms with Crippen molar-refractivity contribution in [2.75, 3.05) is 13.1 Å². The molecule has 0 unspecified atom stereocenters. The molecule has 0 aliphatic heterocycles. The van der Waals surface area contributed by atoms with Gasteiger partial charge in [-0.1, -0.05) is 26.2 Å². The molecule has 0 spiro atoms. The van der Waals surface area contributed by atoms with E-state index in [2.05, 4.69) is 12.2 Å². The molecule has 0 heterocycles. The fraction of sp³-hybridized carbons (Fsp3) is 0.900. The van der Waals surface area contributed by atoms with Crippen LogP contribution in [0.1, 0.15) is 45.4 Å². The van der Waals surface area contributed by atoms with E-state index in [-0.39, 0.29) is 5.91 Å². The Morgan fingerprint density at radius 1 is 1.15 bits per heavy atom. The van der Waals surface area contributed by atoms with Gasteiger partial charge in [-0.2, -0.15) is 0 Å². The molecule has 0 radical (unpaired) electrons. The van der Waals surface area contributed by atoms with E-state index in [4.69, 9.17) is 5.73 Å². The summed E-state index contributed by atoms with van der Waals surface area (Å²) < 4.78 is 0. The fourth-order valence-electron chi connectivity index (χ4n) is 1.19. The molecular formula is C10H22N2O. The van der Waals surface area contributed by atoms with Gasteiger partial charge in [0, 0.05) is 6.42 Å². The molecule has 3 nitrogen and oxygen atoms in total. The Hall–Kier alpha value is -0.570. The van der Waals surface area contributed by atoms with Crippen LogP contribution in [0.3, 0.4) is 0 Å². The maximum atomic E-state index is 10.4. The second-order valence-electron chi connectivity index (χ2n) is 3.38. The van der Waals surface area contributed by atoms with Crippen molar-refractivity contribution < 1.29 is 4.79 Å². The molecule has 0 bridgehead atoms. The Labute approximate surface area is 81.1 Å². The summed E-state index contributed by atoms with van der Waals surface area (Å²) in [5.74, 6) is -0.201. The Morgan fingerprint density at radius 2 is 1.85 bits per heavy atom. The molecule has 0 rings (SSSR count). The summed E-state index contributed by atoms with van der Waals surface area (Å²) in [6, 6.07) is 0. The average molecular weight is 186 g/mol. The van der Waals surface area contributed by atoms with Gasteiger partial charge >= 0.3 is 0 Å². The van der Waals surface area contributed by atoms with Gasteiger partial charge in [0.2, 0.25) is 5.91 Å². The van der Waals surface area contributed by atoms with Gasteiger partial charge in [-0.25, -0.2) is 0 Å². The Morgan fingerprint density at radius 3 is 2.46 bits per heavy atom. The van der Waals surface area contributed by atoms with Crippen LogP contribution >= 0.6 is 0 Å². The van der Waals surface area contributed by atoms with Gasteiger partial charge in [0.05, 0.1) is 0 Å². The normalized spacial score (nSPS) is 10.2. The predicted octanol–water partition coefficient (Wildman–Crippen LogP) is 1.42. The van der Waals surface area contributed by atoms with Gasteiger partial charge in [0.1, 0.15) is 0 Å². The van der Waals surface area contributed by atoms with Crippen LogP contribution in [-0.4, -0.2) is 19.0 Å². The van der Waals surface area contributed by atoms with Crippen molar-refractivity contribution in [1.82, 2.24) is 5.32 Å². The third-order valence-electron chi connectivity index (χ3n) is 1.98. The fourth-order valence-corrected chi connectivity index (χ4v) is 1.19. The molecule has 0 aliphatic carbocycles. The van der Waals surface area contributed by atoms with Gasteiger partial charge in [-0.05, 0) is 25.9 Å². The van der Waals surface area contributed by atoms with Gasteiger partial charge in [0.25, 0.3) is 0 Å². The maximum Gasteiger partial charge on any atom is 0.217 e. The van der Waals surface area contributed by atoms with Crippen LogP contribution in [0.4, 0.5) is 0 Å². The van der Waals surface area contributed by atoms with Crippen molar-refractivity contribution in [3.8, 4) is 0 Å². The van der Waals surface area contributed by atoms with Crippen LogP contribution < -0.4 is 11.1 Å². The molecule has 13 heavy (non-hydrogen) atoms. The average Bonchev–Trinajstić information content (AvgIpc) is 2.09. The van der Waals surface area contributed by atoms with Crippen molar-refractivity contribution in [2.24, 2.45) is 5.73 Å². The van der Waals surface area contributed by atoms with E-state index in [0.717, 1.165) is 19.5 Å². The summed E-state index contributed by atoms with van der Waals surface area (Å²) in [5, 5.41) is 3.29. The Balaban J connectivity index is 2.87. The first-order chi connectivity index (χ1) is 6.27. The highest BCUT2D eigenvalue weighted by atomic mass is 16.1. The highest BCUT2D eigenvalue weighted by Crippen LogP contribution is 1.96. The predicted molar refractivity (Wildman–Crippen MR) is 55.4 cm³/mol. The van der Waals surface area contributed by atoms with Crippen molar-refractivity contribution in [3.05, 3.63) is 0 Å². The number of carbonyl (C=O) groups excluding carboxylic acids is 1. The highest BCUT2D eigenvalue weighted by molar-refractivity contribution is 5.73. The minimum absolute atomic E-state index is 0.201. The van der Waals surface area contributed by atoms with Gasteiger partial charge in [-0.15, -0.1) is 0 Å². The second-order valence-corrected chi connectivity index (χ2v) is 3.38. The van der Waals surface area contributed by atoms with Crippen LogP contribution in [0, 0.1) is 0 Å². The molecule has 0 saturated carbocycles. The van der Waals surface area contributed by atoms with E-state index in [9.17, 15) is 4.79 Å². The smallest absolute Gasteiger partial charge is 0.217 e. The standard InChI is InChI=1S/C10H22N2O/c1-2-3-4-5-8-12-9-6-7-10(11)13/h12H,2-9H2,1H3,(H2,11,13). The molecule has 0 aromatic carbocycles. The molecule has 3 N–H and O–H groups in total. The summed E-state index contributed by atoms with van der Waals surface area (Å²) >= 11 is 0. The van der Waals surface area contributed by atoms with Crippen LogP contribution in [0.25, 0.3) is 0 Å². The van der Waals surface area contributed by atoms with E-state index < -0.39 is 0 Å². The van der Waals surface area contributed by atoms with Crippen LogP contribution in [0.5, 0.6) is 0 Å². The SMILES string of the molecule is CCCCCCNCCCC(N)=O. The number of nitrogens with two attached hydrogens (primary N) is 1. The molecule has 0 fully saturated rings. The van der Waals surface area contributed by atoms with Crippen molar-refractivity contribution in [2.45, 2.75) is 45.4 Å².